The van der Waals surface area contributed by atoms with Crippen LogP contribution in [0, 0.1) is 6.92 Å². The molecule has 0 saturated carbocycles. The Labute approximate surface area is 119 Å². The Morgan fingerprint density at radius 3 is 2.55 bits per heavy atom. The SMILES string of the molecule is CCN(Cc1ccncc1)C(=O)c1ccc(N)cc1C. The highest BCUT2D eigenvalue weighted by atomic mass is 16.2. The van der Waals surface area contributed by atoms with Crippen LogP contribution in [0.3, 0.4) is 0 Å². The van der Waals surface area contributed by atoms with Crippen molar-refractivity contribution in [3.05, 3.63) is 59.4 Å². The highest BCUT2D eigenvalue weighted by Gasteiger charge is 2.16. The lowest BCUT2D eigenvalue weighted by Crippen LogP contribution is -2.30. The Balaban J connectivity index is 2.21. The number of rotatable bonds is 4. The Morgan fingerprint density at radius 2 is 1.95 bits per heavy atom. The van der Waals surface area contributed by atoms with Crippen LogP contribution in [-0.4, -0.2) is 22.3 Å². The average Bonchev–Trinajstić information content (AvgIpc) is 2.45. The van der Waals surface area contributed by atoms with E-state index in [1.807, 2.05) is 36.9 Å². The highest BCUT2D eigenvalue weighted by molar-refractivity contribution is 5.96. The number of benzene rings is 1. The predicted octanol–water partition coefficient (Wildman–Crippen LogP) is 2.63. The molecule has 20 heavy (non-hydrogen) atoms. The molecular formula is C16H19N3O. The van der Waals surface area contributed by atoms with Crippen molar-refractivity contribution in [3.8, 4) is 0 Å². The molecule has 2 rings (SSSR count). The summed E-state index contributed by atoms with van der Waals surface area (Å²) in [5.41, 5.74) is 9.09. The maximum Gasteiger partial charge on any atom is 0.254 e. The van der Waals surface area contributed by atoms with E-state index in [4.69, 9.17) is 5.73 Å². The summed E-state index contributed by atoms with van der Waals surface area (Å²) >= 11 is 0. The smallest absolute Gasteiger partial charge is 0.254 e. The monoisotopic (exact) mass is 269 g/mol. The van der Waals surface area contributed by atoms with Gasteiger partial charge in [0.05, 0.1) is 0 Å². The van der Waals surface area contributed by atoms with Crippen LogP contribution in [0.4, 0.5) is 5.69 Å². The van der Waals surface area contributed by atoms with Gasteiger partial charge in [0, 0.05) is 36.7 Å². The van der Waals surface area contributed by atoms with E-state index in [1.54, 1.807) is 24.5 Å². The first-order valence-corrected chi connectivity index (χ1v) is 6.66. The molecular weight excluding hydrogens is 250 g/mol. The van der Waals surface area contributed by atoms with Crippen LogP contribution in [0.1, 0.15) is 28.4 Å². The first-order chi connectivity index (χ1) is 9.61. The summed E-state index contributed by atoms with van der Waals surface area (Å²) in [7, 11) is 0. The van der Waals surface area contributed by atoms with Crippen molar-refractivity contribution in [1.29, 1.82) is 0 Å². The molecule has 1 aromatic carbocycles. The summed E-state index contributed by atoms with van der Waals surface area (Å²) in [5.74, 6) is 0.0295. The molecule has 0 saturated heterocycles. The molecule has 4 nitrogen and oxygen atoms in total. The number of pyridine rings is 1. The molecule has 0 bridgehead atoms. The van der Waals surface area contributed by atoms with E-state index in [-0.39, 0.29) is 5.91 Å². The summed E-state index contributed by atoms with van der Waals surface area (Å²) in [4.78, 5) is 18.4. The fraction of sp³-hybridized carbons (Fsp3) is 0.250. The Hall–Kier alpha value is -2.36. The van der Waals surface area contributed by atoms with Crippen LogP contribution >= 0.6 is 0 Å². The normalized spacial score (nSPS) is 10.3. The molecule has 0 aliphatic carbocycles. The van der Waals surface area contributed by atoms with Crippen LogP contribution in [-0.2, 0) is 6.54 Å². The maximum atomic E-state index is 12.6. The molecule has 104 valence electrons. The topological polar surface area (TPSA) is 59.2 Å². The molecule has 4 heteroatoms. The van der Waals surface area contributed by atoms with Crippen molar-refractivity contribution < 1.29 is 4.79 Å². The number of carbonyl (C=O) groups excluding carboxylic acids is 1. The third-order valence-electron chi connectivity index (χ3n) is 3.27. The second kappa shape index (κ2) is 6.19. The zero-order valence-corrected chi connectivity index (χ0v) is 11.8. The average molecular weight is 269 g/mol. The van der Waals surface area contributed by atoms with Gasteiger partial charge < -0.3 is 10.6 Å². The number of hydrogen-bond donors (Lipinski definition) is 1. The number of nitrogen functional groups attached to an aromatic ring is 1. The van der Waals surface area contributed by atoms with Crippen molar-refractivity contribution in [2.75, 3.05) is 12.3 Å². The van der Waals surface area contributed by atoms with E-state index >= 15 is 0 Å². The van der Waals surface area contributed by atoms with Gasteiger partial charge in [-0.3, -0.25) is 9.78 Å². The lowest BCUT2D eigenvalue weighted by molar-refractivity contribution is 0.0752. The van der Waals surface area contributed by atoms with E-state index in [1.165, 1.54) is 0 Å². The predicted molar refractivity (Wildman–Crippen MR) is 80.2 cm³/mol. The van der Waals surface area contributed by atoms with Gasteiger partial charge in [-0.25, -0.2) is 0 Å². The number of amides is 1. The second-order valence-electron chi connectivity index (χ2n) is 4.75. The summed E-state index contributed by atoms with van der Waals surface area (Å²) in [5, 5.41) is 0. The van der Waals surface area contributed by atoms with Gasteiger partial charge in [0.15, 0.2) is 0 Å². The number of nitrogens with zero attached hydrogens (tertiary/aromatic N) is 2. The van der Waals surface area contributed by atoms with Gasteiger partial charge in [0.2, 0.25) is 0 Å². The maximum absolute atomic E-state index is 12.6. The summed E-state index contributed by atoms with van der Waals surface area (Å²) < 4.78 is 0. The van der Waals surface area contributed by atoms with E-state index in [0.29, 0.717) is 24.3 Å². The van der Waals surface area contributed by atoms with Crippen LogP contribution in [0.2, 0.25) is 0 Å². The molecule has 1 heterocycles. The first kappa shape index (κ1) is 14.1. The summed E-state index contributed by atoms with van der Waals surface area (Å²) in [6.45, 7) is 5.13. The molecule has 0 aliphatic heterocycles. The number of aromatic nitrogens is 1. The number of hydrogen-bond acceptors (Lipinski definition) is 3. The zero-order chi connectivity index (χ0) is 14.5. The Bertz CT molecular complexity index is 596. The molecule has 0 spiro atoms. The standard InChI is InChI=1S/C16H19N3O/c1-3-19(11-13-6-8-18-9-7-13)16(20)15-5-4-14(17)10-12(15)2/h4-10H,3,11,17H2,1-2H3. The second-order valence-corrected chi connectivity index (χ2v) is 4.75. The minimum absolute atomic E-state index is 0.0295. The minimum atomic E-state index is 0.0295. The fourth-order valence-electron chi connectivity index (χ4n) is 2.13. The van der Waals surface area contributed by atoms with Gasteiger partial charge in [-0.15, -0.1) is 0 Å². The lowest BCUT2D eigenvalue weighted by atomic mass is 10.1. The molecule has 0 fully saturated rings. The highest BCUT2D eigenvalue weighted by Crippen LogP contribution is 2.16. The molecule has 0 radical (unpaired) electrons. The van der Waals surface area contributed by atoms with Gasteiger partial charge in [-0.1, -0.05) is 0 Å². The van der Waals surface area contributed by atoms with Crippen molar-refractivity contribution in [3.63, 3.8) is 0 Å². The molecule has 1 amide bonds. The molecule has 0 unspecified atom stereocenters. The van der Waals surface area contributed by atoms with Gasteiger partial charge in [0.25, 0.3) is 5.91 Å². The van der Waals surface area contributed by atoms with Crippen molar-refractivity contribution in [2.45, 2.75) is 20.4 Å². The van der Waals surface area contributed by atoms with Gasteiger partial charge in [-0.2, -0.15) is 0 Å². The third-order valence-corrected chi connectivity index (χ3v) is 3.27. The number of anilines is 1. The van der Waals surface area contributed by atoms with Crippen molar-refractivity contribution in [2.24, 2.45) is 0 Å². The van der Waals surface area contributed by atoms with E-state index < -0.39 is 0 Å². The minimum Gasteiger partial charge on any atom is -0.399 e. The molecule has 0 aliphatic rings. The van der Waals surface area contributed by atoms with Gasteiger partial charge in [0.1, 0.15) is 0 Å². The molecule has 2 N–H and O–H groups in total. The largest absolute Gasteiger partial charge is 0.399 e. The first-order valence-electron chi connectivity index (χ1n) is 6.66. The molecule has 2 aromatic rings. The van der Waals surface area contributed by atoms with Crippen LogP contribution in [0.25, 0.3) is 0 Å². The molecule has 0 atom stereocenters. The Morgan fingerprint density at radius 1 is 1.25 bits per heavy atom. The van der Waals surface area contributed by atoms with Crippen LogP contribution < -0.4 is 5.73 Å². The summed E-state index contributed by atoms with van der Waals surface area (Å²) in [6, 6.07) is 9.23. The van der Waals surface area contributed by atoms with Crippen LogP contribution in [0.15, 0.2) is 42.7 Å². The van der Waals surface area contributed by atoms with E-state index in [2.05, 4.69) is 4.98 Å². The fourth-order valence-corrected chi connectivity index (χ4v) is 2.13. The third kappa shape index (κ3) is 3.15. The Kier molecular flexibility index (Phi) is 4.35. The summed E-state index contributed by atoms with van der Waals surface area (Å²) in [6.07, 6.45) is 3.48. The molecule has 1 aromatic heterocycles. The van der Waals surface area contributed by atoms with Crippen molar-refractivity contribution in [1.82, 2.24) is 9.88 Å². The van der Waals surface area contributed by atoms with Crippen LogP contribution in [0.5, 0.6) is 0 Å². The van der Waals surface area contributed by atoms with E-state index in [0.717, 1.165) is 11.1 Å². The zero-order valence-electron chi connectivity index (χ0n) is 11.8. The number of aryl methyl sites for hydroxylation is 1. The number of carbonyl (C=O) groups is 1. The van der Waals surface area contributed by atoms with E-state index in [9.17, 15) is 4.79 Å². The van der Waals surface area contributed by atoms with Gasteiger partial charge >= 0.3 is 0 Å². The quantitative estimate of drug-likeness (QED) is 0.868. The van der Waals surface area contributed by atoms with Gasteiger partial charge in [-0.05, 0) is 55.3 Å². The van der Waals surface area contributed by atoms with Crippen molar-refractivity contribution >= 4 is 11.6 Å². The number of nitrogens with two attached hydrogens (primary N) is 1. The lowest BCUT2D eigenvalue weighted by Gasteiger charge is -2.22.